The highest BCUT2D eigenvalue weighted by Crippen LogP contribution is 2.32. The van der Waals surface area contributed by atoms with Gasteiger partial charge >= 0.3 is 0 Å². The highest BCUT2D eigenvalue weighted by atomic mass is 16.2. The maximum atomic E-state index is 13.5. The van der Waals surface area contributed by atoms with E-state index in [1.54, 1.807) is 0 Å². The van der Waals surface area contributed by atoms with Gasteiger partial charge in [0, 0.05) is 25.3 Å². The Morgan fingerprint density at radius 1 is 1.21 bits per heavy atom. The third-order valence-electron chi connectivity index (χ3n) is 6.42. The molecule has 2 heterocycles. The van der Waals surface area contributed by atoms with Crippen LogP contribution >= 0.6 is 0 Å². The molecule has 4 rings (SSSR count). The fraction of sp³-hybridized carbons (Fsp3) is 0.542. The zero-order chi connectivity index (χ0) is 23.7. The molecular formula is C24H34N8O. The van der Waals surface area contributed by atoms with Crippen molar-refractivity contribution in [3.63, 3.8) is 0 Å². The standard InChI is InChI=1S/C24H34N8O/c1-15(2)32(23-16(3)8-7-9-17(23)4)21(33)13-26-22(20-12-25-18(5)30(20)6)24-27-28-29-31(24)14-19-10-11-19/h7-9,12,15,19,22,26H,10-11,13-14H2,1-6H3. The van der Waals surface area contributed by atoms with Crippen molar-refractivity contribution < 1.29 is 4.79 Å². The molecule has 1 atom stereocenters. The number of tetrazole rings is 1. The van der Waals surface area contributed by atoms with Gasteiger partial charge in [-0.05, 0) is 74.9 Å². The molecule has 0 saturated heterocycles. The second-order valence-corrected chi connectivity index (χ2v) is 9.36. The summed E-state index contributed by atoms with van der Waals surface area (Å²) in [6, 6.07) is 5.80. The molecule has 1 N–H and O–H groups in total. The zero-order valence-corrected chi connectivity index (χ0v) is 20.4. The fourth-order valence-electron chi connectivity index (χ4n) is 4.34. The van der Waals surface area contributed by atoms with Gasteiger partial charge in [-0.2, -0.15) is 0 Å². The van der Waals surface area contributed by atoms with E-state index in [0.717, 1.165) is 34.9 Å². The summed E-state index contributed by atoms with van der Waals surface area (Å²) in [5.74, 6) is 2.24. The Morgan fingerprint density at radius 2 is 1.91 bits per heavy atom. The van der Waals surface area contributed by atoms with Gasteiger partial charge in [0.15, 0.2) is 5.82 Å². The number of amides is 1. The number of benzene rings is 1. The van der Waals surface area contributed by atoms with Crippen LogP contribution in [0.2, 0.25) is 0 Å². The second-order valence-electron chi connectivity index (χ2n) is 9.36. The van der Waals surface area contributed by atoms with Crippen molar-refractivity contribution in [1.29, 1.82) is 0 Å². The third-order valence-corrected chi connectivity index (χ3v) is 6.42. The average Bonchev–Trinajstić information content (AvgIpc) is 3.37. The Balaban J connectivity index is 1.62. The molecule has 0 aliphatic heterocycles. The van der Waals surface area contributed by atoms with E-state index < -0.39 is 0 Å². The molecule has 9 nitrogen and oxygen atoms in total. The van der Waals surface area contributed by atoms with E-state index in [4.69, 9.17) is 0 Å². The van der Waals surface area contributed by atoms with Crippen molar-refractivity contribution in [2.45, 2.75) is 66.1 Å². The summed E-state index contributed by atoms with van der Waals surface area (Å²) < 4.78 is 3.89. The predicted molar refractivity (Wildman–Crippen MR) is 127 cm³/mol. The average molecular weight is 451 g/mol. The van der Waals surface area contributed by atoms with Crippen LogP contribution in [0.5, 0.6) is 0 Å². The van der Waals surface area contributed by atoms with Gasteiger partial charge in [0.2, 0.25) is 5.91 Å². The number of carbonyl (C=O) groups excluding carboxylic acids is 1. The number of hydrogen-bond donors (Lipinski definition) is 1. The predicted octanol–water partition coefficient (Wildman–Crippen LogP) is 2.86. The first kappa shape index (κ1) is 23.1. The minimum absolute atomic E-state index is 0.00695. The van der Waals surface area contributed by atoms with Gasteiger partial charge in [-0.1, -0.05) is 18.2 Å². The second kappa shape index (κ2) is 9.43. The first-order valence-electron chi connectivity index (χ1n) is 11.6. The van der Waals surface area contributed by atoms with Crippen LogP contribution in [-0.2, 0) is 18.4 Å². The number of anilines is 1. The lowest BCUT2D eigenvalue weighted by molar-refractivity contribution is -0.118. The molecular weight excluding hydrogens is 416 g/mol. The van der Waals surface area contributed by atoms with E-state index in [-0.39, 0.29) is 24.5 Å². The first-order valence-corrected chi connectivity index (χ1v) is 11.6. The molecule has 1 aliphatic carbocycles. The van der Waals surface area contributed by atoms with Crippen LogP contribution in [0.4, 0.5) is 5.69 Å². The van der Waals surface area contributed by atoms with Gasteiger partial charge in [0.05, 0.1) is 18.4 Å². The summed E-state index contributed by atoms with van der Waals surface area (Å²) in [4.78, 5) is 19.9. The minimum atomic E-state index is -0.346. The van der Waals surface area contributed by atoms with Crippen LogP contribution in [0.15, 0.2) is 24.4 Å². The highest BCUT2D eigenvalue weighted by Gasteiger charge is 2.30. The van der Waals surface area contributed by atoms with Crippen molar-refractivity contribution in [1.82, 2.24) is 35.1 Å². The monoisotopic (exact) mass is 450 g/mol. The Bertz CT molecular complexity index is 1110. The molecule has 1 saturated carbocycles. The van der Waals surface area contributed by atoms with Crippen molar-refractivity contribution in [2.75, 3.05) is 11.4 Å². The molecule has 9 heteroatoms. The van der Waals surface area contributed by atoms with Gasteiger partial charge in [0.1, 0.15) is 11.9 Å². The van der Waals surface area contributed by atoms with Crippen molar-refractivity contribution in [3.8, 4) is 0 Å². The van der Waals surface area contributed by atoms with E-state index in [9.17, 15) is 4.79 Å². The number of hydrogen-bond acceptors (Lipinski definition) is 6. The molecule has 3 aromatic rings. The number of para-hydroxylation sites is 1. The number of carbonyl (C=O) groups is 1. The van der Waals surface area contributed by atoms with Gasteiger partial charge in [-0.25, -0.2) is 9.67 Å². The van der Waals surface area contributed by atoms with E-state index in [1.807, 2.05) is 80.2 Å². The highest BCUT2D eigenvalue weighted by molar-refractivity contribution is 5.96. The van der Waals surface area contributed by atoms with E-state index in [0.29, 0.717) is 11.7 Å². The summed E-state index contributed by atoms with van der Waals surface area (Å²) in [5.41, 5.74) is 4.08. The molecule has 1 unspecified atom stereocenters. The molecule has 1 amide bonds. The van der Waals surface area contributed by atoms with Crippen LogP contribution in [-0.4, -0.2) is 48.3 Å². The summed E-state index contributed by atoms with van der Waals surface area (Å²) in [6.45, 7) is 11.1. The van der Waals surface area contributed by atoms with Crippen molar-refractivity contribution in [2.24, 2.45) is 13.0 Å². The third kappa shape index (κ3) is 4.83. The Morgan fingerprint density at radius 3 is 2.48 bits per heavy atom. The van der Waals surface area contributed by atoms with Crippen LogP contribution in [0.3, 0.4) is 0 Å². The summed E-state index contributed by atoms with van der Waals surface area (Å²) >= 11 is 0. The first-order chi connectivity index (χ1) is 15.8. The Hall–Kier alpha value is -3.07. The number of nitrogens with zero attached hydrogens (tertiary/aromatic N) is 7. The molecule has 176 valence electrons. The molecule has 1 fully saturated rings. The SMILES string of the molecule is Cc1cccc(C)c1N(C(=O)CNC(c1nnnn1CC1CC1)c1cnc(C)n1C)C(C)C. The van der Waals surface area contributed by atoms with E-state index in [2.05, 4.69) is 25.8 Å². The van der Waals surface area contributed by atoms with Crippen molar-refractivity contribution >= 4 is 11.6 Å². The van der Waals surface area contributed by atoms with E-state index in [1.165, 1.54) is 12.8 Å². The molecule has 2 aromatic heterocycles. The quantitative estimate of drug-likeness (QED) is 0.539. The zero-order valence-electron chi connectivity index (χ0n) is 20.4. The van der Waals surface area contributed by atoms with Gasteiger partial charge in [-0.3, -0.25) is 10.1 Å². The lowest BCUT2D eigenvalue weighted by atomic mass is 10.1. The molecule has 1 aromatic carbocycles. The maximum absolute atomic E-state index is 13.5. The normalized spacial score (nSPS) is 14.6. The molecule has 0 bridgehead atoms. The minimum Gasteiger partial charge on any atom is -0.334 e. The van der Waals surface area contributed by atoms with Crippen LogP contribution in [0.25, 0.3) is 0 Å². The molecule has 0 spiro atoms. The molecule has 33 heavy (non-hydrogen) atoms. The van der Waals surface area contributed by atoms with Gasteiger partial charge in [0.25, 0.3) is 0 Å². The van der Waals surface area contributed by atoms with Gasteiger partial charge < -0.3 is 9.47 Å². The number of aromatic nitrogens is 6. The maximum Gasteiger partial charge on any atom is 0.241 e. The van der Waals surface area contributed by atoms with Gasteiger partial charge in [-0.15, -0.1) is 5.10 Å². The van der Waals surface area contributed by atoms with Crippen LogP contribution in [0, 0.1) is 26.7 Å². The lowest BCUT2D eigenvalue weighted by Crippen LogP contribution is -2.44. The van der Waals surface area contributed by atoms with Crippen LogP contribution < -0.4 is 10.2 Å². The van der Waals surface area contributed by atoms with Crippen LogP contribution in [0.1, 0.15) is 61.2 Å². The Kier molecular flexibility index (Phi) is 6.60. The van der Waals surface area contributed by atoms with E-state index >= 15 is 0 Å². The summed E-state index contributed by atoms with van der Waals surface area (Å²) in [7, 11) is 1.97. The Labute approximate surface area is 195 Å². The lowest BCUT2D eigenvalue weighted by Gasteiger charge is -2.31. The fourth-order valence-corrected chi connectivity index (χ4v) is 4.34. The van der Waals surface area contributed by atoms with Crippen molar-refractivity contribution in [3.05, 3.63) is 52.9 Å². The number of rotatable bonds is 9. The molecule has 0 radical (unpaired) electrons. The summed E-state index contributed by atoms with van der Waals surface area (Å²) in [6.07, 6.45) is 4.25. The topological polar surface area (TPSA) is 93.8 Å². The summed E-state index contributed by atoms with van der Waals surface area (Å²) in [5, 5.41) is 16.0. The smallest absolute Gasteiger partial charge is 0.241 e. The number of nitrogens with one attached hydrogen (secondary N) is 1. The largest absolute Gasteiger partial charge is 0.334 e. The number of imidazole rings is 1. The number of aryl methyl sites for hydroxylation is 3. The molecule has 1 aliphatic rings.